The van der Waals surface area contributed by atoms with Crippen molar-refractivity contribution in [3.05, 3.63) is 37.4 Å². The van der Waals surface area contributed by atoms with Crippen molar-refractivity contribution < 1.29 is 0 Å². The third-order valence-corrected chi connectivity index (χ3v) is 4.60. The van der Waals surface area contributed by atoms with Crippen molar-refractivity contribution in [1.82, 2.24) is 10.3 Å². The monoisotopic (exact) mass is 300 g/mol. The lowest BCUT2D eigenvalue weighted by Gasteiger charge is -2.14. The summed E-state index contributed by atoms with van der Waals surface area (Å²) < 4.78 is 0.844. The molecular weight excluding hydrogens is 284 g/mol. The van der Waals surface area contributed by atoms with Gasteiger partial charge in [0.2, 0.25) is 0 Å². The molecule has 0 unspecified atom stereocenters. The minimum atomic E-state index is 0.135. The minimum absolute atomic E-state index is 0.135. The minimum Gasteiger partial charge on any atom is -0.306 e. The number of aromatic nitrogens is 1. The fourth-order valence-electron chi connectivity index (χ4n) is 1.48. The van der Waals surface area contributed by atoms with Gasteiger partial charge in [-0.25, -0.2) is 4.98 Å². The van der Waals surface area contributed by atoms with E-state index in [4.69, 9.17) is 11.6 Å². The molecule has 0 spiro atoms. The highest BCUT2D eigenvalue weighted by molar-refractivity contribution is 7.16. The molecule has 2 aromatic rings. The predicted octanol–water partition coefficient (Wildman–Crippen LogP) is 4.45. The van der Waals surface area contributed by atoms with Crippen LogP contribution >= 0.6 is 34.3 Å². The Morgan fingerprint density at radius 1 is 1.28 bits per heavy atom. The Bertz CT molecular complexity index is 511. The van der Waals surface area contributed by atoms with E-state index in [-0.39, 0.29) is 5.41 Å². The van der Waals surface area contributed by atoms with Crippen LogP contribution in [0.5, 0.6) is 0 Å². The number of nitrogens with zero attached hydrogens (tertiary/aromatic N) is 1. The molecule has 2 aromatic heterocycles. The van der Waals surface area contributed by atoms with E-state index in [2.05, 4.69) is 42.5 Å². The molecule has 0 fully saturated rings. The summed E-state index contributed by atoms with van der Waals surface area (Å²) in [5.41, 5.74) is 1.30. The van der Waals surface area contributed by atoms with Gasteiger partial charge in [0.25, 0.3) is 0 Å². The Hall–Kier alpha value is -0.420. The molecule has 0 amide bonds. The highest BCUT2D eigenvalue weighted by atomic mass is 35.5. The SMILES string of the molecule is CC(C)(C)c1csc(CNCc2ccc(Cl)s2)n1. The molecule has 0 aliphatic carbocycles. The molecule has 0 aromatic carbocycles. The fourth-order valence-corrected chi connectivity index (χ4v) is 3.52. The van der Waals surface area contributed by atoms with Crippen molar-refractivity contribution in [2.75, 3.05) is 0 Å². The molecule has 0 radical (unpaired) electrons. The van der Waals surface area contributed by atoms with Crippen LogP contribution < -0.4 is 5.32 Å². The maximum Gasteiger partial charge on any atom is 0.107 e. The summed E-state index contributed by atoms with van der Waals surface area (Å²) in [6, 6.07) is 3.99. The van der Waals surface area contributed by atoms with Gasteiger partial charge in [-0.05, 0) is 12.1 Å². The molecule has 2 heterocycles. The van der Waals surface area contributed by atoms with Crippen molar-refractivity contribution in [1.29, 1.82) is 0 Å². The van der Waals surface area contributed by atoms with Crippen molar-refractivity contribution >= 4 is 34.3 Å². The molecule has 1 N–H and O–H groups in total. The lowest BCUT2D eigenvalue weighted by Crippen LogP contribution is -2.14. The molecule has 2 rings (SSSR count). The van der Waals surface area contributed by atoms with Gasteiger partial charge in [-0.2, -0.15) is 0 Å². The number of thiophene rings is 1. The predicted molar refractivity (Wildman–Crippen MR) is 80.7 cm³/mol. The van der Waals surface area contributed by atoms with Gasteiger partial charge >= 0.3 is 0 Å². The molecule has 0 atom stereocenters. The smallest absolute Gasteiger partial charge is 0.107 e. The maximum atomic E-state index is 5.89. The number of thiazole rings is 1. The molecule has 2 nitrogen and oxygen atoms in total. The van der Waals surface area contributed by atoms with Crippen molar-refractivity contribution in [2.24, 2.45) is 0 Å². The van der Waals surface area contributed by atoms with Crippen molar-refractivity contribution in [3.8, 4) is 0 Å². The van der Waals surface area contributed by atoms with Crippen LogP contribution in [-0.4, -0.2) is 4.98 Å². The zero-order valence-corrected chi connectivity index (χ0v) is 13.2. The van der Waals surface area contributed by atoms with Crippen LogP contribution in [0.25, 0.3) is 0 Å². The topological polar surface area (TPSA) is 24.9 Å². The van der Waals surface area contributed by atoms with E-state index >= 15 is 0 Å². The zero-order chi connectivity index (χ0) is 13.2. The summed E-state index contributed by atoms with van der Waals surface area (Å²) >= 11 is 9.23. The highest BCUT2D eigenvalue weighted by Gasteiger charge is 2.17. The Labute approximate surface area is 121 Å². The lowest BCUT2D eigenvalue weighted by atomic mass is 9.93. The second-order valence-corrected chi connectivity index (χ2v) is 7.93. The van der Waals surface area contributed by atoms with Crippen LogP contribution in [0.4, 0.5) is 0 Å². The first-order chi connectivity index (χ1) is 8.45. The van der Waals surface area contributed by atoms with Gasteiger partial charge in [0.1, 0.15) is 5.01 Å². The second-order valence-electron chi connectivity index (χ2n) is 5.19. The molecular formula is C13H17ClN2S2. The first kappa shape index (κ1) is 14.0. The van der Waals surface area contributed by atoms with E-state index in [1.807, 2.05) is 6.07 Å². The molecule has 5 heteroatoms. The van der Waals surface area contributed by atoms with Crippen LogP contribution in [0, 0.1) is 0 Å². The summed E-state index contributed by atoms with van der Waals surface area (Å²) in [5, 5.41) is 6.69. The van der Waals surface area contributed by atoms with Crippen LogP contribution in [-0.2, 0) is 18.5 Å². The van der Waals surface area contributed by atoms with E-state index in [0.29, 0.717) is 0 Å². The molecule has 0 saturated carbocycles. The molecule has 98 valence electrons. The molecule has 0 bridgehead atoms. The zero-order valence-electron chi connectivity index (χ0n) is 10.8. The van der Waals surface area contributed by atoms with Crippen molar-refractivity contribution in [2.45, 2.75) is 39.3 Å². The molecule has 0 aliphatic heterocycles. The maximum absolute atomic E-state index is 5.89. The number of halogens is 1. The van der Waals surface area contributed by atoms with E-state index in [0.717, 1.165) is 22.4 Å². The average Bonchev–Trinajstić information content (AvgIpc) is 2.87. The first-order valence-corrected chi connectivity index (χ1v) is 7.92. The molecule has 0 saturated heterocycles. The van der Waals surface area contributed by atoms with Gasteiger partial charge in [0.05, 0.1) is 10.0 Å². The third kappa shape index (κ3) is 3.79. The normalized spacial score (nSPS) is 12.0. The summed E-state index contributed by atoms with van der Waals surface area (Å²) in [5.74, 6) is 0. The fraction of sp³-hybridized carbons (Fsp3) is 0.462. The number of hydrogen-bond acceptors (Lipinski definition) is 4. The molecule has 0 aliphatic rings. The first-order valence-electron chi connectivity index (χ1n) is 5.85. The summed E-state index contributed by atoms with van der Waals surface area (Å²) in [6.45, 7) is 8.23. The Balaban J connectivity index is 1.85. The summed E-state index contributed by atoms with van der Waals surface area (Å²) in [7, 11) is 0. The summed E-state index contributed by atoms with van der Waals surface area (Å²) in [4.78, 5) is 5.91. The Morgan fingerprint density at radius 2 is 2.06 bits per heavy atom. The van der Waals surface area contributed by atoms with Gasteiger partial charge in [-0.1, -0.05) is 32.4 Å². The van der Waals surface area contributed by atoms with Crippen LogP contribution in [0.1, 0.15) is 36.3 Å². The Kier molecular flexibility index (Phi) is 4.43. The van der Waals surface area contributed by atoms with Gasteiger partial charge in [-0.15, -0.1) is 22.7 Å². The van der Waals surface area contributed by atoms with Gasteiger partial charge in [-0.3, -0.25) is 0 Å². The van der Waals surface area contributed by atoms with E-state index in [1.54, 1.807) is 22.7 Å². The third-order valence-electron chi connectivity index (χ3n) is 2.52. The van der Waals surface area contributed by atoms with Crippen LogP contribution in [0.2, 0.25) is 4.34 Å². The van der Waals surface area contributed by atoms with E-state index in [1.165, 1.54) is 10.6 Å². The van der Waals surface area contributed by atoms with Gasteiger partial charge in [0.15, 0.2) is 0 Å². The van der Waals surface area contributed by atoms with E-state index in [9.17, 15) is 0 Å². The number of rotatable bonds is 4. The van der Waals surface area contributed by atoms with Crippen LogP contribution in [0.3, 0.4) is 0 Å². The summed E-state index contributed by atoms with van der Waals surface area (Å²) in [6.07, 6.45) is 0. The van der Waals surface area contributed by atoms with Gasteiger partial charge < -0.3 is 5.32 Å². The average molecular weight is 301 g/mol. The standard InChI is InChI=1S/C13H17ClN2S2/c1-13(2,3)10-8-17-12(16-10)7-15-6-9-4-5-11(14)18-9/h4-5,8,15H,6-7H2,1-3H3. The second kappa shape index (κ2) is 5.70. The number of hydrogen-bond donors (Lipinski definition) is 1. The highest BCUT2D eigenvalue weighted by Crippen LogP contribution is 2.24. The van der Waals surface area contributed by atoms with Gasteiger partial charge in [0, 0.05) is 28.8 Å². The van der Waals surface area contributed by atoms with Crippen LogP contribution in [0.15, 0.2) is 17.5 Å². The van der Waals surface area contributed by atoms with E-state index < -0.39 is 0 Å². The Morgan fingerprint density at radius 3 is 2.61 bits per heavy atom. The number of nitrogens with one attached hydrogen (secondary N) is 1. The molecule has 18 heavy (non-hydrogen) atoms. The quantitative estimate of drug-likeness (QED) is 0.902. The van der Waals surface area contributed by atoms with Crippen molar-refractivity contribution in [3.63, 3.8) is 0 Å². The largest absolute Gasteiger partial charge is 0.306 e. The lowest BCUT2D eigenvalue weighted by molar-refractivity contribution is 0.568.